The number of aromatic nitrogens is 1. The maximum absolute atomic E-state index is 9.28. The minimum Gasteiger partial charge on any atom is -0.396 e. The van der Waals surface area contributed by atoms with Crippen molar-refractivity contribution in [3.05, 3.63) is 59.8 Å². The molecule has 0 spiro atoms. The third-order valence-corrected chi connectivity index (χ3v) is 5.29. The van der Waals surface area contributed by atoms with Crippen molar-refractivity contribution in [3.63, 3.8) is 0 Å². The van der Waals surface area contributed by atoms with Crippen LogP contribution in [0.25, 0.3) is 10.4 Å². The third kappa shape index (κ3) is 4.07. The third-order valence-electron chi connectivity index (χ3n) is 3.67. The van der Waals surface area contributed by atoms with E-state index < -0.39 is 12.3 Å². The SMILES string of the molecule is [N-]=[N+]=NC(c1cc(C2OCCO2)sc1Cl)c1nc(Cl)ccc1CCO. The number of hydrogen-bond donors (Lipinski definition) is 1. The zero-order valence-electron chi connectivity index (χ0n) is 12.9. The van der Waals surface area contributed by atoms with Gasteiger partial charge in [0.15, 0.2) is 6.29 Å². The van der Waals surface area contributed by atoms with Gasteiger partial charge in [-0.05, 0) is 35.2 Å². The van der Waals surface area contributed by atoms with E-state index in [4.69, 9.17) is 38.2 Å². The Bertz CT molecular complexity index is 804. The molecule has 2 aromatic heterocycles. The molecule has 1 unspecified atom stereocenters. The molecule has 0 radical (unpaired) electrons. The molecule has 1 saturated heterocycles. The van der Waals surface area contributed by atoms with Crippen LogP contribution in [-0.4, -0.2) is 29.9 Å². The second kappa shape index (κ2) is 8.33. The number of hydrogen-bond acceptors (Lipinski definition) is 6. The Kier molecular flexibility index (Phi) is 6.14. The molecule has 1 aliphatic heterocycles. The van der Waals surface area contributed by atoms with Gasteiger partial charge in [-0.15, -0.1) is 11.3 Å². The molecule has 1 atom stereocenters. The van der Waals surface area contributed by atoms with Crippen LogP contribution in [0, 0.1) is 0 Å². The first-order valence-electron chi connectivity index (χ1n) is 7.46. The number of thiophene rings is 1. The first-order chi connectivity index (χ1) is 12.1. The van der Waals surface area contributed by atoms with E-state index in [0.29, 0.717) is 35.2 Å². The van der Waals surface area contributed by atoms with Crippen LogP contribution >= 0.6 is 34.5 Å². The van der Waals surface area contributed by atoms with Gasteiger partial charge in [0.25, 0.3) is 0 Å². The van der Waals surface area contributed by atoms with E-state index >= 15 is 0 Å². The van der Waals surface area contributed by atoms with Crippen molar-refractivity contribution in [1.82, 2.24) is 4.98 Å². The van der Waals surface area contributed by atoms with Crippen molar-refractivity contribution < 1.29 is 14.6 Å². The first kappa shape index (κ1) is 18.4. The molecule has 1 fully saturated rings. The number of ether oxygens (including phenoxy) is 2. The van der Waals surface area contributed by atoms with Crippen LogP contribution in [0.1, 0.15) is 34.0 Å². The quantitative estimate of drug-likeness (QED) is 0.335. The predicted octanol–water partition coefficient (Wildman–Crippen LogP) is 4.43. The van der Waals surface area contributed by atoms with Crippen molar-refractivity contribution in [1.29, 1.82) is 0 Å². The molecule has 132 valence electrons. The van der Waals surface area contributed by atoms with Crippen LogP contribution in [0.3, 0.4) is 0 Å². The molecule has 7 nitrogen and oxygen atoms in total. The average molecular weight is 401 g/mol. The topological polar surface area (TPSA) is 100 Å². The van der Waals surface area contributed by atoms with Crippen molar-refractivity contribution in [2.24, 2.45) is 5.11 Å². The molecule has 2 aromatic rings. The van der Waals surface area contributed by atoms with Crippen LogP contribution in [0.15, 0.2) is 23.3 Å². The normalized spacial score (nSPS) is 16.0. The van der Waals surface area contributed by atoms with Gasteiger partial charge in [0.1, 0.15) is 11.2 Å². The summed E-state index contributed by atoms with van der Waals surface area (Å²) in [5.74, 6) is 0. The fourth-order valence-corrected chi connectivity index (χ4v) is 4.08. The summed E-state index contributed by atoms with van der Waals surface area (Å²) in [6, 6.07) is 4.42. The molecule has 0 aromatic carbocycles. The van der Waals surface area contributed by atoms with E-state index in [9.17, 15) is 5.11 Å². The predicted molar refractivity (Wildman–Crippen MR) is 95.0 cm³/mol. The van der Waals surface area contributed by atoms with Gasteiger partial charge in [-0.25, -0.2) is 4.98 Å². The fraction of sp³-hybridized carbons (Fsp3) is 0.400. The van der Waals surface area contributed by atoms with Crippen LogP contribution < -0.4 is 0 Å². The lowest BCUT2D eigenvalue weighted by molar-refractivity contribution is -0.0413. The fourth-order valence-electron chi connectivity index (χ4n) is 2.59. The molecule has 0 amide bonds. The molecular formula is C15H14Cl2N4O3S. The maximum atomic E-state index is 9.28. The molecule has 0 saturated carbocycles. The summed E-state index contributed by atoms with van der Waals surface area (Å²) in [4.78, 5) is 8.03. The van der Waals surface area contributed by atoms with Gasteiger partial charge in [-0.3, -0.25) is 0 Å². The van der Waals surface area contributed by atoms with Gasteiger partial charge in [0.05, 0.1) is 28.1 Å². The maximum Gasteiger partial charge on any atom is 0.193 e. The zero-order chi connectivity index (χ0) is 17.8. The van der Waals surface area contributed by atoms with E-state index in [-0.39, 0.29) is 11.8 Å². The van der Waals surface area contributed by atoms with E-state index in [0.717, 1.165) is 10.4 Å². The lowest BCUT2D eigenvalue weighted by atomic mass is 10.0. The van der Waals surface area contributed by atoms with Crippen molar-refractivity contribution in [2.45, 2.75) is 18.8 Å². The summed E-state index contributed by atoms with van der Waals surface area (Å²) in [7, 11) is 0. The number of nitrogens with zero attached hydrogens (tertiary/aromatic N) is 4. The molecule has 0 bridgehead atoms. The molecule has 25 heavy (non-hydrogen) atoms. The van der Waals surface area contributed by atoms with Crippen LogP contribution in [0.4, 0.5) is 0 Å². The van der Waals surface area contributed by atoms with Gasteiger partial charge in [0.2, 0.25) is 0 Å². The summed E-state index contributed by atoms with van der Waals surface area (Å²) in [6.07, 6.45) is -0.104. The largest absolute Gasteiger partial charge is 0.396 e. The molecule has 1 aliphatic rings. The smallest absolute Gasteiger partial charge is 0.193 e. The summed E-state index contributed by atoms with van der Waals surface area (Å²) < 4.78 is 11.4. The Morgan fingerprint density at radius 2 is 2.16 bits per heavy atom. The highest BCUT2D eigenvalue weighted by molar-refractivity contribution is 7.16. The van der Waals surface area contributed by atoms with E-state index in [1.165, 1.54) is 11.3 Å². The average Bonchev–Trinajstić information content (AvgIpc) is 3.24. The van der Waals surface area contributed by atoms with Crippen molar-refractivity contribution >= 4 is 34.5 Å². The van der Waals surface area contributed by atoms with Gasteiger partial charge >= 0.3 is 0 Å². The lowest BCUT2D eigenvalue weighted by Crippen LogP contribution is -2.07. The Hall–Kier alpha value is -1.38. The molecular weight excluding hydrogens is 387 g/mol. The summed E-state index contributed by atoms with van der Waals surface area (Å²) in [5.41, 5.74) is 10.8. The zero-order valence-corrected chi connectivity index (χ0v) is 15.3. The minimum atomic E-state index is -0.760. The number of aliphatic hydroxyl groups is 1. The summed E-state index contributed by atoms with van der Waals surface area (Å²) >= 11 is 13.7. The summed E-state index contributed by atoms with van der Waals surface area (Å²) in [6.45, 7) is 0.975. The monoisotopic (exact) mass is 400 g/mol. The Morgan fingerprint density at radius 3 is 2.84 bits per heavy atom. The Labute approximate surface area is 157 Å². The van der Waals surface area contributed by atoms with Crippen LogP contribution in [0.5, 0.6) is 0 Å². The van der Waals surface area contributed by atoms with Crippen molar-refractivity contribution in [3.8, 4) is 0 Å². The number of aliphatic hydroxyl groups excluding tert-OH is 1. The number of halogens is 2. The second-order valence-electron chi connectivity index (χ2n) is 5.21. The molecule has 3 heterocycles. The highest BCUT2D eigenvalue weighted by Gasteiger charge is 2.27. The first-order valence-corrected chi connectivity index (χ1v) is 9.04. The van der Waals surface area contributed by atoms with Crippen LogP contribution in [-0.2, 0) is 15.9 Å². The van der Waals surface area contributed by atoms with Crippen LogP contribution in [0.2, 0.25) is 9.49 Å². The molecule has 1 N–H and O–H groups in total. The molecule has 3 rings (SSSR count). The van der Waals surface area contributed by atoms with E-state index in [1.54, 1.807) is 18.2 Å². The molecule has 10 heteroatoms. The highest BCUT2D eigenvalue weighted by Crippen LogP contribution is 2.41. The van der Waals surface area contributed by atoms with Crippen molar-refractivity contribution in [2.75, 3.05) is 19.8 Å². The Morgan fingerprint density at radius 1 is 1.40 bits per heavy atom. The second-order valence-corrected chi connectivity index (χ2v) is 7.28. The minimum absolute atomic E-state index is 0.0638. The Balaban J connectivity index is 2.05. The molecule has 0 aliphatic carbocycles. The lowest BCUT2D eigenvalue weighted by Gasteiger charge is -2.15. The number of azide groups is 1. The highest BCUT2D eigenvalue weighted by atomic mass is 35.5. The van der Waals surface area contributed by atoms with Gasteiger partial charge in [-0.2, -0.15) is 0 Å². The summed E-state index contributed by atoms with van der Waals surface area (Å²) in [5, 5.41) is 13.4. The van der Waals surface area contributed by atoms with Gasteiger partial charge < -0.3 is 14.6 Å². The van der Waals surface area contributed by atoms with E-state index in [2.05, 4.69) is 15.0 Å². The standard InChI is InChI=1S/C15H14Cl2N4O3S/c16-11-2-1-8(3-4-22)12(19-11)13(20-21-18)9-7-10(25-14(9)17)15-23-5-6-24-15/h1-2,7,13,15,22H,3-6H2. The van der Waals surface area contributed by atoms with Gasteiger partial charge in [0, 0.05) is 11.5 Å². The number of rotatable bonds is 6. The van der Waals surface area contributed by atoms with E-state index in [1.807, 2.05) is 0 Å². The van der Waals surface area contributed by atoms with Gasteiger partial charge in [-0.1, -0.05) is 34.4 Å². The number of pyridine rings is 1.